The van der Waals surface area contributed by atoms with E-state index in [1.165, 1.54) is 0 Å². The topological polar surface area (TPSA) is 71.1 Å². The molecule has 0 saturated carbocycles. The SMILES string of the molecule is COc1cc(CN(C)C(C)C(C)(C)C)ccc1/C(N)=N/O. The number of benzene rings is 1. The molecule has 0 aromatic heterocycles. The molecular weight excluding hydrogens is 266 g/mol. The first-order valence-corrected chi connectivity index (χ1v) is 7.05. The number of rotatable bonds is 5. The Hall–Kier alpha value is -1.75. The Morgan fingerprint density at radius 1 is 1.43 bits per heavy atom. The van der Waals surface area contributed by atoms with E-state index < -0.39 is 0 Å². The van der Waals surface area contributed by atoms with Gasteiger partial charge in [0.25, 0.3) is 0 Å². The monoisotopic (exact) mass is 293 g/mol. The lowest BCUT2D eigenvalue weighted by molar-refractivity contribution is 0.134. The van der Waals surface area contributed by atoms with E-state index in [-0.39, 0.29) is 11.3 Å². The number of methoxy groups -OCH3 is 1. The van der Waals surface area contributed by atoms with Crippen LogP contribution in [0.4, 0.5) is 0 Å². The Morgan fingerprint density at radius 3 is 2.52 bits per heavy atom. The summed E-state index contributed by atoms with van der Waals surface area (Å²) in [4.78, 5) is 2.30. The predicted molar refractivity (Wildman–Crippen MR) is 85.9 cm³/mol. The average Bonchev–Trinajstić information content (AvgIpc) is 2.44. The molecule has 0 aliphatic rings. The summed E-state index contributed by atoms with van der Waals surface area (Å²) >= 11 is 0. The highest BCUT2D eigenvalue weighted by Crippen LogP contribution is 2.26. The van der Waals surface area contributed by atoms with E-state index in [4.69, 9.17) is 15.7 Å². The Labute approximate surface area is 127 Å². The van der Waals surface area contributed by atoms with Gasteiger partial charge in [0, 0.05) is 12.6 Å². The van der Waals surface area contributed by atoms with E-state index in [1.807, 2.05) is 18.2 Å². The van der Waals surface area contributed by atoms with Crippen molar-refractivity contribution in [2.24, 2.45) is 16.3 Å². The lowest BCUT2D eigenvalue weighted by atomic mass is 9.87. The fourth-order valence-electron chi connectivity index (χ4n) is 2.19. The van der Waals surface area contributed by atoms with E-state index in [0.29, 0.717) is 17.4 Å². The van der Waals surface area contributed by atoms with Crippen LogP contribution in [-0.4, -0.2) is 36.1 Å². The van der Waals surface area contributed by atoms with Crippen molar-refractivity contribution in [1.29, 1.82) is 0 Å². The van der Waals surface area contributed by atoms with Gasteiger partial charge in [0.2, 0.25) is 0 Å². The molecule has 118 valence electrons. The van der Waals surface area contributed by atoms with E-state index in [2.05, 4.69) is 44.8 Å². The van der Waals surface area contributed by atoms with Gasteiger partial charge in [-0.1, -0.05) is 32.0 Å². The molecular formula is C16H27N3O2. The first kappa shape index (κ1) is 17.3. The third-order valence-corrected chi connectivity index (χ3v) is 4.00. The van der Waals surface area contributed by atoms with E-state index in [1.54, 1.807) is 7.11 Å². The Morgan fingerprint density at radius 2 is 2.05 bits per heavy atom. The van der Waals surface area contributed by atoms with Gasteiger partial charge in [-0.05, 0) is 37.1 Å². The van der Waals surface area contributed by atoms with Crippen molar-refractivity contribution in [3.63, 3.8) is 0 Å². The molecule has 0 bridgehead atoms. The molecule has 0 fully saturated rings. The van der Waals surface area contributed by atoms with Crippen LogP contribution in [0, 0.1) is 5.41 Å². The van der Waals surface area contributed by atoms with Gasteiger partial charge in [-0.2, -0.15) is 0 Å². The number of ether oxygens (including phenoxy) is 1. The summed E-state index contributed by atoms with van der Waals surface area (Å²) in [7, 11) is 3.69. The summed E-state index contributed by atoms with van der Waals surface area (Å²) in [5, 5.41) is 11.8. The predicted octanol–water partition coefficient (Wildman–Crippen LogP) is 2.66. The summed E-state index contributed by atoms with van der Waals surface area (Å²) < 4.78 is 5.33. The van der Waals surface area contributed by atoms with Crippen molar-refractivity contribution in [1.82, 2.24) is 4.90 Å². The van der Waals surface area contributed by atoms with E-state index in [9.17, 15) is 0 Å². The zero-order valence-corrected chi connectivity index (χ0v) is 13.8. The molecule has 1 rings (SSSR count). The molecule has 0 radical (unpaired) electrons. The molecule has 5 nitrogen and oxygen atoms in total. The number of nitrogens with two attached hydrogens (primary N) is 1. The van der Waals surface area contributed by atoms with Gasteiger partial charge in [0.1, 0.15) is 5.75 Å². The van der Waals surface area contributed by atoms with Crippen molar-refractivity contribution >= 4 is 5.84 Å². The Balaban J connectivity index is 2.96. The van der Waals surface area contributed by atoms with Crippen molar-refractivity contribution in [2.45, 2.75) is 40.3 Å². The molecule has 0 aliphatic heterocycles. The van der Waals surface area contributed by atoms with Gasteiger partial charge in [0.05, 0.1) is 12.7 Å². The lowest BCUT2D eigenvalue weighted by Gasteiger charge is -2.35. The van der Waals surface area contributed by atoms with Gasteiger partial charge < -0.3 is 15.7 Å². The summed E-state index contributed by atoms with van der Waals surface area (Å²) in [6.45, 7) is 9.73. The molecule has 1 aromatic carbocycles. The maximum absolute atomic E-state index is 8.78. The number of oxime groups is 1. The number of hydrogen-bond donors (Lipinski definition) is 2. The van der Waals surface area contributed by atoms with Gasteiger partial charge in [-0.3, -0.25) is 4.90 Å². The first-order chi connectivity index (χ1) is 9.70. The van der Waals surface area contributed by atoms with Crippen molar-refractivity contribution in [3.05, 3.63) is 29.3 Å². The average molecular weight is 293 g/mol. The van der Waals surface area contributed by atoms with Crippen LogP contribution in [0.1, 0.15) is 38.8 Å². The van der Waals surface area contributed by atoms with Gasteiger partial charge in [-0.15, -0.1) is 0 Å². The molecule has 5 heteroatoms. The molecule has 0 spiro atoms. The van der Waals surface area contributed by atoms with E-state index in [0.717, 1.165) is 12.1 Å². The number of hydrogen-bond acceptors (Lipinski definition) is 4. The quantitative estimate of drug-likeness (QED) is 0.379. The minimum Gasteiger partial charge on any atom is -0.496 e. The number of amidine groups is 1. The van der Waals surface area contributed by atoms with Crippen LogP contribution in [0.15, 0.2) is 23.4 Å². The van der Waals surface area contributed by atoms with Crippen molar-refractivity contribution in [3.8, 4) is 5.75 Å². The molecule has 21 heavy (non-hydrogen) atoms. The molecule has 1 aromatic rings. The van der Waals surface area contributed by atoms with Crippen LogP contribution in [0.3, 0.4) is 0 Å². The minimum atomic E-state index is 0.0508. The molecule has 0 saturated heterocycles. The molecule has 1 atom stereocenters. The van der Waals surface area contributed by atoms with Crippen LogP contribution in [-0.2, 0) is 6.54 Å². The highest BCUT2D eigenvalue weighted by atomic mass is 16.5. The maximum Gasteiger partial charge on any atom is 0.173 e. The van der Waals surface area contributed by atoms with E-state index >= 15 is 0 Å². The third-order valence-electron chi connectivity index (χ3n) is 4.00. The van der Waals surface area contributed by atoms with Gasteiger partial charge in [0.15, 0.2) is 5.84 Å². The van der Waals surface area contributed by atoms with Crippen molar-refractivity contribution in [2.75, 3.05) is 14.2 Å². The van der Waals surface area contributed by atoms with Crippen LogP contribution >= 0.6 is 0 Å². The zero-order chi connectivity index (χ0) is 16.2. The van der Waals surface area contributed by atoms with Gasteiger partial charge >= 0.3 is 0 Å². The standard InChI is InChI=1S/C16H27N3O2/c1-11(16(2,3)4)19(5)10-12-7-8-13(15(17)18-20)14(9-12)21-6/h7-9,11,20H,10H2,1-6H3,(H2,17,18). The fraction of sp³-hybridized carbons (Fsp3) is 0.562. The maximum atomic E-state index is 8.78. The second kappa shape index (κ2) is 6.80. The molecule has 1 unspecified atom stereocenters. The Bertz CT molecular complexity index is 507. The summed E-state index contributed by atoms with van der Waals surface area (Å²) in [6, 6.07) is 6.16. The molecule has 0 amide bonds. The smallest absolute Gasteiger partial charge is 0.173 e. The highest BCUT2D eigenvalue weighted by Gasteiger charge is 2.24. The molecule has 3 N–H and O–H groups in total. The van der Waals surface area contributed by atoms with Crippen molar-refractivity contribution < 1.29 is 9.94 Å². The third kappa shape index (κ3) is 4.36. The first-order valence-electron chi connectivity index (χ1n) is 7.05. The Kier molecular flexibility index (Phi) is 5.61. The summed E-state index contributed by atoms with van der Waals surface area (Å²) in [5.74, 6) is 0.662. The largest absolute Gasteiger partial charge is 0.496 e. The minimum absolute atomic E-state index is 0.0508. The lowest BCUT2D eigenvalue weighted by Crippen LogP contribution is -2.38. The molecule has 0 heterocycles. The van der Waals surface area contributed by atoms with Crippen LogP contribution in [0.25, 0.3) is 0 Å². The van der Waals surface area contributed by atoms with Crippen LogP contribution in [0.2, 0.25) is 0 Å². The van der Waals surface area contributed by atoms with Gasteiger partial charge in [-0.25, -0.2) is 0 Å². The number of nitrogens with zero attached hydrogens (tertiary/aromatic N) is 2. The molecule has 0 aliphatic carbocycles. The normalized spacial score (nSPS) is 14.3. The summed E-state index contributed by atoms with van der Waals surface area (Å²) in [5.41, 5.74) is 7.57. The van der Waals surface area contributed by atoms with Crippen LogP contribution < -0.4 is 10.5 Å². The summed E-state index contributed by atoms with van der Waals surface area (Å²) in [6.07, 6.45) is 0. The second-order valence-corrected chi connectivity index (χ2v) is 6.48. The second-order valence-electron chi connectivity index (χ2n) is 6.48. The van der Waals surface area contributed by atoms with Crippen LogP contribution in [0.5, 0.6) is 5.75 Å². The fourth-order valence-corrected chi connectivity index (χ4v) is 2.19. The highest BCUT2D eigenvalue weighted by molar-refractivity contribution is 5.99. The zero-order valence-electron chi connectivity index (χ0n) is 13.8.